The molecule has 0 aromatic heterocycles. The molecule has 1 aliphatic heterocycles. The molecule has 5 nitrogen and oxygen atoms in total. The topological polar surface area (TPSA) is 64.6 Å². The molecule has 0 spiro atoms. The van der Waals surface area contributed by atoms with Gasteiger partial charge in [0.2, 0.25) is 5.91 Å². The fourth-order valence-electron chi connectivity index (χ4n) is 2.59. The van der Waals surface area contributed by atoms with Crippen LogP contribution in [0.15, 0.2) is 24.3 Å². The van der Waals surface area contributed by atoms with Crippen LogP contribution in [0.3, 0.4) is 0 Å². The van der Waals surface area contributed by atoms with Gasteiger partial charge in [0.15, 0.2) is 0 Å². The summed E-state index contributed by atoms with van der Waals surface area (Å²) in [5, 5.41) is 14.7. The Balaban J connectivity index is 1.91. The quantitative estimate of drug-likeness (QED) is 0.668. The first kappa shape index (κ1) is 15.8. The van der Waals surface area contributed by atoms with Crippen molar-refractivity contribution in [1.29, 1.82) is 0 Å². The number of para-hydroxylation sites is 2. The van der Waals surface area contributed by atoms with Gasteiger partial charge in [0.1, 0.15) is 0 Å². The molecular weight excluding hydrogens is 266 g/mol. The zero-order valence-electron chi connectivity index (χ0n) is 12.5. The second-order valence-corrected chi connectivity index (χ2v) is 5.37. The Morgan fingerprint density at radius 1 is 1.19 bits per heavy atom. The van der Waals surface area contributed by atoms with E-state index < -0.39 is 0 Å². The van der Waals surface area contributed by atoms with Crippen molar-refractivity contribution < 1.29 is 9.90 Å². The highest BCUT2D eigenvalue weighted by Gasteiger charge is 2.15. The normalized spacial score (nSPS) is 15.0. The molecule has 0 saturated carbocycles. The van der Waals surface area contributed by atoms with Crippen LogP contribution in [0.1, 0.15) is 25.7 Å². The Morgan fingerprint density at radius 2 is 1.95 bits per heavy atom. The van der Waals surface area contributed by atoms with Gasteiger partial charge in [0, 0.05) is 19.7 Å². The second kappa shape index (κ2) is 8.64. The summed E-state index contributed by atoms with van der Waals surface area (Å²) in [7, 11) is 0. The number of piperidine rings is 1. The van der Waals surface area contributed by atoms with Crippen LogP contribution < -0.4 is 15.5 Å². The Labute approximate surface area is 126 Å². The van der Waals surface area contributed by atoms with Gasteiger partial charge in [-0.25, -0.2) is 0 Å². The molecule has 21 heavy (non-hydrogen) atoms. The zero-order valence-corrected chi connectivity index (χ0v) is 12.5. The van der Waals surface area contributed by atoms with Gasteiger partial charge in [0.05, 0.1) is 17.9 Å². The third-order valence-corrected chi connectivity index (χ3v) is 3.67. The van der Waals surface area contributed by atoms with E-state index in [0.29, 0.717) is 13.0 Å². The fraction of sp³-hybridized carbons (Fsp3) is 0.562. The van der Waals surface area contributed by atoms with Crippen LogP contribution in [-0.4, -0.2) is 43.8 Å². The highest BCUT2D eigenvalue weighted by Crippen LogP contribution is 2.28. The number of amides is 1. The van der Waals surface area contributed by atoms with Gasteiger partial charge in [-0.2, -0.15) is 0 Å². The number of aliphatic hydroxyl groups is 1. The zero-order chi connectivity index (χ0) is 14.9. The summed E-state index contributed by atoms with van der Waals surface area (Å²) in [4.78, 5) is 14.3. The third-order valence-electron chi connectivity index (χ3n) is 3.67. The molecule has 1 amide bonds. The largest absolute Gasteiger partial charge is 0.396 e. The molecule has 0 radical (unpaired) electrons. The van der Waals surface area contributed by atoms with E-state index >= 15 is 0 Å². The number of benzene rings is 1. The number of anilines is 2. The minimum absolute atomic E-state index is 0.0441. The lowest BCUT2D eigenvalue weighted by molar-refractivity contribution is -0.115. The van der Waals surface area contributed by atoms with Crippen LogP contribution in [0, 0.1) is 0 Å². The molecule has 0 unspecified atom stereocenters. The van der Waals surface area contributed by atoms with Gasteiger partial charge in [-0.1, -0.05) is 12.1 Å². The van der Waals surface area contributed by atoms with E-state index in [9.17, 15) is 4.79 Å². The van der Waals surface area contributed by atoms with Crippen molar-refractivity contribution >= 4 is 17.3 Å². The predicted octanol–water partition coefficient (Wildman–Crippen LogP) is 1.59. The van der Waals surface area contributed by atoms with Gasteiger partial charge in [-0.15, -0.1) is 0 Å². The van der Waals surface area contributed by atoms with Crippen LogP contribution in [-0.2, 0) is 4.79 Å². The fourth-order valence-corrected chi connectivity index (χ4v) is 2.59. The minimum atomic E-state index is -0.0441. The Bertz CT molecular complexity index is 445. The monoisotopic (exact) mass is 291 g/mol. The van der Waals surface area contributed by atoms with E-state index in [2.05, 4.69) is 21.6 Å². The summed E-state index contributed by atoms with van der Waals surface area (Å²) in [5.74, 6) is -0.0441. The molecule has 1 fully saturated rings. The van der Waals surface area contributed by atoms with E-state index in [-0.39, 0.29) is 19.1 Å². The lowest BCUT2D eigenvalue weighted by atomic mass is 10.1. The molecule has 116 valence electrons. The summed E-state index contributed by atoms with van der Waals surface area (Å²) >= 11 is 0. The van der Waals surface area contributed by atoms with E-state index in [4.69, 9.17) is 5.11 Å². The van der Waals surface area contributed by atoms with E-state index in [1.165, 1.54) is 19.3 Å². The number of aliphatic hydroxyl groups excluding tert-OH is 1. The van der Waals surface area contributed by atoms with Crippen LogP contribution >= 0.6 is 0 Å². The molecule has 2 rings (SSSR count). The number of hydrogen-bond donors (Lipinski definition) is 3. The first-order chi connectivity index (χ1) is 10.3. The van der Waals surface area contributed by atoms with Crippen molar-refractivity contribution in [3.8, 4) is 0 Å². The number of hydrogen-bond acceptors (Lipinski definition) is 4. The molecule has 0 atom stereocenters. The van der Waals surface area contributed by atoms with Crippen molar-refractivity contribution in [3.63, 3.8) is 0 Å². The summed E-state index contributed by atoms with van der Waals surface area (Å²) in [5.41, 5.74) is 1.99. The number of nitrogens with zero attached hydrogens (tertiary/aromatic N) is 1. The summed E-state index contributed by atoms with van der Waals surface area (Å²) in [6.45, 7) is 3.18. The van der Waals surface area contributed by atoms with Crippen molar-refractivity contribution in [1.82, 2.24) is 5.32 Å². The molecule has 1 aliphatic rings. The van der Waals surface area contributed by atoms with Crippen LogP contribution in [0.2, 0.25) is 0 Å². The lowest BCUT2D eigenvalue weighted by Crippen LogP contribution is -2.32. The Hall–Kier alpha value is -1.59. The molecule has 3 N–H and O–H groups in total. The van der Waals surface area contributed by atoms with Crippen LogP contribution in [0.25, 0.3) is 0 Å². The number of carbonyl (C=O) groups excluding carboxylic acids is 1. The molecule has 1 saturated heterocycles. The summed E-state index contributed by atoms with van der Waals surface area (Å²) < 4.78 is 0. The minimum Gasteiger partial charge on any atom is -0.396 e. The Kier molecular flexibility index (Phi) is 6.50. The molecule has 0 bridgehead atoms. The van der Waals surface area contributed by atoms with Crippen molar-refractivity contribution in [2.45, 2.75) is 25.7 Å². The van der Waals surface area contributed by atoms with Crippen LogP contribution in [0.4, 0.5) is 11.4 Å². The first-order valence-corrected chi connectivity index (χ1v) is 7.76. The maximum atomic E-state index is 12.0. The average molecular weight is 291 g/mol. The van der Waals surface area contributed by atoms with Gasteiger partial charge >= 0.3 is 0 Å². The summed E-state index contributed by atoms with van der Waals surface area (Å²) in [6, 6.07) is 7.98. The van der Waals surface area contributed by atoms with Gasteiger partial charge in [-0.05, 0) is 44.4 Å². The second-order valence-electron chi connectivity index (χ2n) is 5.37. The third kappa shape index (κ3) is 5.02. The van der Waals surface area contributed by atoms with Gasteiger partial charge in [0.25, 0.3) is 0 Å². The molecule has 1 heterocycles. The molecule has 1 aromatic rings. The SMILES string of the molecule is O=C(CNCCCO)Nc1ccccc1N1CCCCC1. The molecule has 5 heteroatoms. The standard InChI is InChI=1S/C16H25N3O2/c20-12-6-9-17-13-16(21)18-14-7-2-3-8-15(14)19-10-4-1-5-11-19/h2-3,7-8,17,20H,1,4-6,9-13H2,(H,18,21). The maximum Gasteiger partial charge on any atom is 0.238 e. The predicted molar refractivity (Wildman–Crippen MR) is 85.7 cm³/mol. The highest BCUT2D eigenvalue weighted by atomic mass is 16.3. The molecular formula is C16H25N3O2. The van der Waals surface area contributed by atoms with E-state index in [1.807, 2.05) is 18.2 Å². The first-order valence-electron chi connectivity index (χ1n) is 7.76. The van der Waals surface area contributed by atoms with Crippen molar-refractivity contribution in [2.24, 2.45) is 0 Å². The number of rotatable bonds is 7. The number of nitrogens with one attached hydrogen (secondary N) is 2. The van der Waals surface area contributed by atoms with Gasteiger partial charge < -0.3 is 20.6 Å². The maximum absolute atomic E-state index is 12.0. The summed E-state index contributed by atoms with van der Waals surface area (Å²) in [6.07, 6.45) is 4.38. The highest BCUT2D eigenvalue weighted by molar-refractivity contribution is 5.95. The molecule has 1 aromatic carbocycles. The Morgan fingerprint density at radius 3 is 2.71 bits per heavy atom. The van der Waals surface area contributed by atoms with E-state index in [1.54, 1.807) is 0 Å². The average Bonchev–Trinajstić information content (AvgIpc) is 2.53. The van der Waals surface area contributed by atoms with Crippen molar-refractivity contribution in [2.75, 3.05) is 43.0 Å². The van der Waals surface area contributed by atoms with Crippen LogP contribution in [0.5, 0.6) is 0 Å². The number of carbonyl (C=O) groups is 1. The smallest absolute Gasteiger partial charge is 0.238 e. The van der Waals surface area contributed by atoms with Crippen molar-refractivity contribution in [3.05, 3.63) is 24.3 Å². The van der Waals surface area contributed by atoms with Gasteiger partial charge in [-0.3, -0.25) is 4.79 Å². The lowest BCUT2D eigenvalue weighted by Gasteiger charge is -2.30. The molecule has 0 aliphatic carbocycles. The van der Waals surface area contributed by atoms with E-state index in [0.717, 1.165) is 24.5 Å².